The van der Waals surface area contributed by atoms with Gasteiger partial charge in [-0.05, 0) is 18.2 Å². The number of aromatic carboxylic acids is 1. The number of carboxylic acids is 1. The largest absolute Gasteiger partial charge is 0.477 e. The van der Waals surface area contributed by atoms with Crippen LogP contribution in [-0.4, -0.2) is 22.4 Å². The van der Waals surface area contributed by atoms with Crippen molar-refractivity contribution in [2.45, 2.75) is 6.54 Å². The Morgan fingerprint density at radius 1 is 1.19 bits per heavy atom. The molecule has 6 nitrogen and oxygen atoms in total. The Morgan fingerprint density at radius 2 is 1.96 bits per heavy atom. The summed E-state index contributed by atoms with van der Waals surface area (Å²) < 4.78 is 48.6. The number of ether oxygens (including phenoxy) is 1. The fraction of sp³-hybridized carbons (Fsp3) is 0.111. The molecule has 2 heterocycles. The number of nitrogens with zero attached hydrogens (tertiary/aromatic N) is 1. The van der Waals surface area contributed by atoms with Crippen LogP contribution in [0.2, 0.25) is 0 Å². The zero-order valence-electron chi connectivity index (χ0n) is 13.6. The molecule has 1 aliphatic heterocycles. The number of pyridine rings is 1. The van der Waals surface area contributed by atoms with Crippen LogP contribution in [0.3, 0.4) is 0 Å². The lowest BCUT2D eigenvalue weighted by atomic mass is 10.0. The van der Waals surface area contributed by atoms with Crippen LogP contribution in [0.5, 0.6) is 5.75 Å². The van der Waals surface area contributed by atoms with Gasteiger partial charge in [-0.15, -0.1) is 0 Å². The van der Waals surface area contributed by atoms with Gasteiger partial charge >= 0.3 is 5.97 Å². The summed E-state index contributed by atoms with van der Waals surface area (Å²) in [6.45, 7) is 0.129. The standard InChI is InChI=1S/C18H11F3N2O4/c19-8-1-2-14(13(21)3-8)23-6-11(18(25)26)16(24)9-4-12(20)10-5-22-7-27-17(10)15(9)23/h1-4,6,22H,5,7H2,(H,25,26). The Morgan fingerprint density at radius 3 is 2.67 bits per heavy atom. The second-order valence-electron chi connectivity index (χ2n) is 5.92. The topological polar surface area (TPSA) is 80.6 Å². The van der Waals surface area contributed by atoms with E-state index in [1.165, 1.54) is 0 Å². The Kier molecular flexibility index (Phi) is 3.88. The van der Waals surface area contributed by atoms with Gasteiger partial charge in [0.1, 0.15) is 29.7 Å². The lowest BCUT2D eigenvalue weighted by Gasteiger charge is -2.23. The van der Waals surface area contributed by atoms with Crippen LogP contribution in [0.1, 0.15) is 15.9 Å². The summed E-state index contributed by atoms with van der Waals surface area (Å²) in [7, 11) is 0. The molecule has 4 rings (SSSR count). The van der Waals surface area contributed by atoms with E-state index in [2.05, 4.69) is 5.32 Å². The molecule has 0 bridgehead atoms. The molecule has 0 saturated heterocycles. The highest BCUT2D eigenvalue weighted by molar-refractivity contribution is 5.95. The fourth-order valence-electron chi connectivity index (χ4n) is 3.10. The van der Waals surface area contributed by atoms with Crippen molar-refractivity contribution in [2.24, 2.45) is 0 Å². The Labute approximate surface area is 149 Å². The molecule has 1 aliphatic rings. The summed E-state index contributed by atoms with van der Waals surface area (Å²) in [5.74, 6) is -4.12. The van der Waals surface area contributed by atoms with Gasteiger partial charge in [0.05, 0.1) is 16.6 Å². The molecule has 1 aromatic heterocycles. The summed E-state index contributed by atoms with van der Waals surface area (Å²) in [4.78, 5) is 24.0. The number of benzene rings is 2. The minimum atomic E-state index is -1.56. The molecule has 0 radical (unpaired) electrons. The van der Waals surface area contributed by atoms with Gasteiger partial charge in [-0.1, -0.05) is 0 Å². The molecule has 0 atom stereocenters. The number of halogens is 3. The zero-order valence-corrected chi connectivity index (χ0v) is 13.6. The molecule has 9 heteroatoms. The van der Waals surface area contributed by atoms with Gasteiger partial charge < -0.3 is 14.4 Å². The second kappa shape index (κ2) is 6.13. The van der Waals surface area contributed by atoms with Gasteiger partial charge in [0, 0.05) is 24.4 Å². The molecular weight excluding hydrogens is 365 g/mol. The zero-order chi connectivity index (χ0) is 19.3. The minimum Gasteiger partial charge on any atom is -0.477 e. The van der Waals surface area contributed by atoms with Crippen LogP contribution in [-0.2, 0) is 6.54 Å². The van der Waals surface area contributed by atoms with E-state index in [4.69, 9.17) is 4.74 Å². The smallest absolute Gasteiger partial charge is 0.341 e. The predicted molar refractivity (Wildman–Crippen MR) is 88.7 cm³/mol. The minimum absolute atomic E-state index is 0.00140. The van der Waals surface area contributed by atoms with Gasteiger partial charge in [0.25, 0.3) is 0 Å². The molecule has 0 unspecified atom stereocenters. The van der Waals surface area contributed by atoms with Crippen molar-refractivity contribution in [2.75, 3.05) is 6.73 Å². The first-order chi connectivity index (χ1) is 12.9. The summed E-state index contributed by atoms with van der Waals surface area (Å²) in [6, 6.07) is 3.60. The van der Waals surface area contributed by atoms with Crippen molar-refractivity contribution in [3.05, 3.63) is 69.3 Å². The Bertz CT molecular complexity index is 1170. The maximum absolute atomic E-state index is 14.4. The van der Waals surface area contributed by atoms with Crippen molar-refractivity contribution in [1.82, 2.24) is 9.88 Å². The number of carboxylic acid groups (broad SMARTS) is 1. The summed E-state index contributed by atoms with van der Waals surface area (Å²) in [5.41, 5.74) is -1.69. The normalized spacial score (nSPS) is 13.3. The predicted octanol–water partition coefficient (Wildman–Crippen LogP) is 2.55. The third-order valence-electron chi connectivity index (χ3n) is 4.31. The summed E-state index contributed by atoms with van der Waals surface area (Å²) in [5, 5.41) is 11.8. The molecule has 0 aliphatic carbocycles. The van der Waals surface area contributed by atoms with Crippen LogP contribution < -0.4 is 15.5 Å². The number of rotatable bonds is 2. The molecular formula is C18H11F3N2O4. The molecule has 0 fully saturated rings. The number of hydrogen-bond acceptors (Lipinski definition) is 4. The maximum atomic E-state index is 14.4. The van der Waals surface area contributed by atoms with Gasteiger partial charge in [-0.25, -0.2) is 18.0 Å². The average Bonchev–Trinajstić information content (AvgIpc) is 2.63. The first kappa shape index (κ1) is 17.1. The third kappa shape index (κ3) is 2.63. The van der Waals surface area contributed by atoms with E-state index >= 15 is 0 Å². The van der Waals surface area contributed by atoms with Crippen LogP contribution >= 0.6 is 0 Å². The average molecular weight is 376 g/mol. The van der Waals surface area contributed by atoms with E-state index < -0.39 is 34.4 Å². The molecule has 0 spiro atoms. The molecule has 3 aromatic rings. The van der Waals surface area contributed by atoms with E-state index in [-0.39, 0.29) is 41.2 Å². The maximum Gasteiger partial charge on any atom is 0.341 e. The first-order valence-corrected chi connectivity index (χ1v) is 7.81. The number of fused-ring (bicyclic) bond motifs is 3. The molecule has 0 saturated carbocycles. The van der Waals surface area contributed by atoms with Crippen LogP contribution in [0, 0.1) is 17.5 Å². The third-order valence-corrected chi connectivity index (χ3v) is 4.31. The van der Waals surface area contributed by atoms with Gasteiger partial charge in [-0.2, -0.15) is 0 Å². The lowest BCUT2D eigenvalue weighted by Crippen LogP contribution is -2.28. The monoisotopic (exact) mass is 376 g/mol. The van der Waals surface area contributed by atoms with Crippen LogP contribution in [0.15, 0.2) is 35.3 Å². The van der Waals surface area contributed by atoms with Crippen LogP contribution in [0.25, 0.3) is 16.6 Å². The van der Waals surface area contributed by atoms with E-state index in [0.29, 0.717) is 6.07 Å². The second-order valence-corrected chi connectivity index (χ2v) is 5.92. The van der Waals surface area contributed by atoms with Gasteiger partial charge in [-0.3, -0.25) is 10.1 Å². The van der Waals surface area contributed by atoms with Gasteiger partial charge in [0.2, 0.25) is 5.43 Å². The summed E-state index contributed by atoms with van der Waals surface area (Å²) >= 11 is 0. The van der Waals surface area contributed by atoms with Crippen molar-refractivity contribution in [1.29, 1.82) is 0 Å². The first-order valence-electron chi connectivity index (χ1n) is 7.81. The Balaban J connectivity index is 2.21. The summed E-state index contributed by atoms with van der Waals surface area (Å²) in [6.07, 6.45) is 0.924. The SMILES string of the molecule is O=C(O)c1cn(-c2ccc(F)cc2F)c2c3c(c(F)cc2c1=O)CNCO3. The molecule has 2 N–H and O–H groups in total. The van der Waals surface area contributed by atoms with Crippen molar-refractivity contribution in [3.8, 4) is 11.4 Å². The lowest BCUT2D eigenvalue weighted by molar-refractivity contribution is 0.0695. The van der Waals surface area contributed by atoms with E-state index in [9.17, 15) is 27.9 Å². The number of aromatic nitrogens is 1. The van der Waals surface area contributed by atoms with E-state index in [1.807, 2.05) is 0 Å². The van der Waals surface area contributed by atoms with Crippen molar-refractivity contribution < 1.29 is 27.8 Å². The van der Waals surface area contributed by atoms with Gasteiger partial charge in [0.15, 0.2) is 5.75 Å². The van der Waals surface area contributed by atoms with Crippen molar-refractivity contribution >= 4 is 16.9 Å². The molecule has 138 valence electrons. The fourth-order valence-corrected chi connectivity index (χ4v) is 3.10. The Hall–Kier alpha value is -3.33. The van der Waals surface area contributed by atoms with Crippen LogP contribution in [0.4, 0.5) is 13.2 Å². The number of nitrogens with one attached hydrogen (secondary N) is 1. The highest BCUT2D eigenvalue weighted by Gasteiger charge is 2.25. The molecule has 0 amide bonds. The number of hydrogen-bond donors (Lipinski definition) is 2. The highest BCUT2D eigenvalue weighted by Crippen LogP contribution is 2.34. The van der Waals surface area contributed by atoms with E-state index in [0.717, 1.165) is 29.0 Å². The number of carbonyl (C=O) groups is 1. The molecule has 27 heavy (non-hydrogen) atoms. The quantitative estimate of drug-likeness (QED) is 0.719. The van der Waals surface area contributed by atoms with Crippen molar-refractivity contribution in [3.63, 3.8) is 0 Å². The van der Waals surface area contributed by atoms with E-state index in [1.54, 1.807) is 0 Å². The highest BCUT2D eigenvalue weighted by atomic mass is 19.1. The molecule has 2 aromatic carbocycles.